The topological polar surface area (TPSA) is 130 Å². The van der Waals surface area contributed by atoms with E-state index in [9.17, 15) is 19.2 Å². The fourth-order valence-electron chi connectivity index (χ4n) is 1.88. The summed E-state index contributed by atoms with van der Waals surface area (Å²) >= 11 is 0. The number of unbranched alkanes of at least 4 members (excludes halogenated alkanes) is 1. The molecule has 0 spiro atoms. The summed E-state index contributed by atoms with van der Waals surface area (Å²) < 4.78 is 0. The van der Waals surface area contributed by atoms with E-state index >= 15 is 0 Å². The van der Waals surface area contributed by atoms with Crippen molar-refractivity contribution in [3.63, 3.8) is 0 Å². The number of carbonyl (C=O) groups is 4. The van der Waals surface area contributed by atoms with Crippen LogP contribution in [0.5, 0.6) is 0 Å². The van der Waals surface area contributed by atoms with Crippen LogP contribution in [0.3, 0.4) is 0 Å². The van der Waals surface area contributed by atoms with Crippen molar-refractivity contribution in [2.24, 2.45) is 5.73 Å². The third kappa shape index (κ3) is 5.35. The Labute approximate surface area is 122 Å². The van der Waals surface area contributed by atoms with Crippen molar-refractivity contribution in [2.45, 2.75) is 31.7 Å². The molecule has 0 aromatic heterocycles. The van der Waals surface area contributed by atoms with Crippen LogP contribution in [0.4, 0.5) is 0 Å². The Morgan fingerprint density at radius 3 is 2.38 bits per heavy atom. The molecule has 0 saturated heterocycles. The molecule has 21 heavy (non-hydrogen) atoms. The zero-order chi connectivity index (χ0) is 15.8. The Bertz CT molecular complexity index is 443. The molecule has 0 fully saturated rings. The zero-order valence-electron chi connectivity index (χ0n) is 11.6. The number of carboxylic acids is 1. The average molecular weight is 297 g/mol. The highest BCUT2D eigenvalue weighted by Crippen LogP contribution is 2.05. The Balaban J connectivity index is 2.38. The normalized spacial score (nSPS) is 15.4. The van der Waals surface area contributed by atoms with Gasteiger partial charge in [-0.25, -0.2) is 4.79 Å². The molecule has 8 heteroatoms. The second-order valence-electron chi connectivity index (χ2n) is 4.65. The van der Waals surface area contributed by atoms with Crippen molar-refractivity contribution >= 4 is 23.7 Å². The standard InChI is InChI=1S/C13H19N3O5/c14-7-2-1-3-9(13(20)21)15-10(17)6-8-16-11(18)4-5-12(16)19/h4-5,9H,1-3,6-8,14H2,(H,15,17)(H,20,21)/t9-/m0/s1. The molecule has 0 radical (unpaired) electrons. The number of rotatable bonds is 9. The van der Waals surface area contributed by atoms with E-state index in [0.717, 1.165) is 17.1 Å². The van der Waals surface area contributed by atoms with Crippen molar-refractivity contribution in [1.82, 2.24) is 10.2 Å². The van der Waals surface area contributed by atoms with Gasteiger partial charge in [0.15, 0.2) is 0 Å². The van der Waals surface area contributed by atoms with Crippen LogP contribution in [0.1, 0.15) is 25.7 Å². The van der Waals surface area contributed by atoms with Crippen LogP contribution in [0.15, 0.2) is 12.2 Å². The molecule has 1 aliphatic rings. The maximum absolute atomic E-state index is 11.7. The summed E-state index contributed by atoms with van der Waals surface area (Å²) in [7, 11) is 0. The van der Waals surface area contributed by atoms with Crippen molar-refractivity contribution in [1.29, 1.82) is 0 Å². The molecule has 0 aromatic carbocycles. The van der Waals surface area contributed by atoms with Gasteiger partial charge in [-0.3, -0.25) is 19.3 Å². The molecule has 1 heterocycles. The largest absolute Gasteiger partial charge is 0.480 e. The summed E-state index contributed by atoms with van der Waals surface area (Å²) in [6.07, 6.45) is 3.71. The maximum atomic E-state index is 11.7. The van der Waals surface area contributed by atoms with Crippen molar-refractivity contribution in [3.8, 4) is 0 Å². The summed E-state index contributed by atoms with van der Waals surface area (Å²) in [5.41, 5.74) is 5.33. The molecule has 1 atom stereocenters. The van der Waals surface area contributed by atoms with Crippen LogP contribution in [0, 0.1) is 0 Å². The number of hydrogen-bond acceptors (Lipinski definition) is 5. The van der Waals surface area contributed by atoms with E-state index in [1.165, 1.54) is 0 Å². The molecule has 0 aromatic rings. The van der Waals surface area contributed by atoms with Crippen LogP contribution in [-0.4, -0.2) is 52.8 Å². The van der Waals surface area contributed by atoms with Crippen molar-refractivity contribution < 1.29 is 24.3 Å². The van der Waals surface area contributed by atoms with Gasteiger partial charge >= 0.3 is 5.97 Å². The molecule has 1 aliphatic heterocycles. The van der Waals surface area contributed by atoms with E-state index in [-0.39, 0.29) is 13.0 Å². The third-order valence-corrected chi connectivity index (χ3v) is 3.04. The summed E-state index contributed by atoms with van der Waals surface area (Å²) in [4.78, 5) is 46.2. The highest BCUT2D eigenvalue weighted by atomic mass is 16.4. The van der Waals surface area contributed by atoms with E-state index in [1.54, 1.807) is 0 Å². The van der Waals surface area contributed by atoms with Gasteiger partial charge in [0, 0.05) is 25.1 Å². The number of carbonyl (C=O) groups excluding carboxylic acids is 3. The van der Waals surface area contributed by atoms with Gasteiger partial charge in [-0.2, -0.15) is 0 Å². The number of imide groups is 1. The summed E-state index contributed by atoms with van der Waals surface area (Å²) in [6.45, 7) is 0.401. The number of aliphatic carboxylic acids is 1. The number of carboxylic acid groups (broad SMARTS) is 1. The molecule has 0 aliphatic carbocycles. The van der Waals surface area contributed by atoms with E-state index in [0.29, 0.717) is 25.8 Å². The van der Waals surface area contributed by atoms with E-state index in [4.69, 9.17) is 10.8 Å². The molecule has 3 amide bonds. The fraction of sp³-hybridized carbons (Fsp3) is 0.538. The van der Waals surface area contributed by atoms with Crippen LogP contribution >= 0.6 is 0 Å². The lowest BCUT2D eigenvalue weighted by Gasteiger charge is -2.16. The van der Waals surface area contributed by atoms with Crippen LogP contribution in [0.25, 0.3) is 0 Å². The van der Waals surface area contributed by atoms with E-state index in [1.807, 2.05) is 0 Å². The van der Waals surface area contributed by atoms with Gasteiger partial charge in [-0.1, -0.05) is 0 Å². The van der Waals surface area contributed by atoms with Crippen molar-refractivity contribution in [2.75, 3.05) is 13.1 Å². The van der Waals surface area contributed by atoms with E-state index < -0.39 is 29.7 Å². The smallest absolute Gasteiger partial charge is 0.326 e. The Morgan fingerprint density at radius 2 is 1.86 bits per heavy atom. The molecule has 8 nitrogen and oxygen atoms in total. The van der Waals surface area contributed by atoms with Gasteiger partial charge < -0.3 is 16.2 Å². The Kier molecular flexibility index (Phi) is 6.54. The molecular weight excluding hydrogens is 278 g/mol. The number of nitrogens with zero attached hydrogens (tertiary/aromatic N) is 1. The van der Waals surface area contributed by atoms with E-state index in [2.05, 4.69) is 5.32 Å². The van der Waals surface area contributed by atoms with Gasteiger partial charge in [-0.15, -0.1) is 0 Å². The molecule has 0 saturated carbocycles. The minimum atomic E-state index is -1.12. The first-order valence-corrected chi connectivity index (χ1v) is 6.71. The molecule has 4 N–H and O–H groups in total. The average Bonchev–Trinajstić information content (AvgIpc) is 2.74. The van der Waals surface area contributed by atoms with Crippen molar-refractivity contribution in [3.05, 3.63) is 12.2 Å². The first-order valence-electron chi connectivity index (χ1n) is 6.71. The molecular formula is C13H19N3O5. The first kappa shape index (κ1) is 16.8. The lowest BCUT2D eigenvalue weighted by molar-refractivity contribution is -0.143. The van der Waals surface area contributed by atoms with Gasteiger partial charge in [0.05, 0.1) is 0 Å². The number of nitrogens with one attached hydrogen (secondary N) is 1. The molecule has 116 valence electrons. The minimum absolute atomic E-state index is 0.0639. The van der Waals surface area contributed by atoms with Crippen LogP contribution in [-0.2, 0) is 19.2 Å². The predicted octanol–water partition coefficient (Wildman–Crippen LogP) is -1.00. The molecule has 0 unspecified atom stereocenters. The SMILES string of the molecule is NCCCC[C@H](NC(=O)CCN1C(=O)C=CC1=O)C(=O)O. The second kappa shape index (κ2) is 8.15. The lowest BCUT2D eigenvalue weighted by Crippen LogP contribution is -2.42. The molecule has 1 rings (SSSR count). The number of amides is 3. The van der Waals surface area contributed by atoms with Crippen LogP contribution in [0.2, 0.25) is 0 Å². The summed E-state index contributed by atoms with van der Waals surface area (Å²) in [5, 5.41) is 11.4. The quantitative estimate of drug-likeness (QED) is 0.370. The lowest BCUT2D eigenvalue weighted by atomic mass is 10.1. The summed E-state index contributed by atoms with van der Waals surface area (Å²) in [6, 6.07) is -0.979. The zero-order valence-corrected chi connectivity index (χ0v) is 11.6. The molecule has 0 bridgehead atoms. The van der Waals surface area contributed by atoms with Gasteiger partial charge in [0.2, 0.25) is 5.91 Å². The minimum Gasteiger partial charge on any atom is -0.480 e. The third-order valence-electron chi connectivity index (χ3n) is 3.04. The number of nitrogens with two attached hydrogens (primary N) is 1. The predicted molar refractivity (Wildman–Crippen MR) is 72.9 cm³/mol. The maximum Gasteiger partial charge on any atom is 0.326 e. The van der Waals surface area contributed by atoms with Gasteiger partial charge in [0.1, 0.15) is 6.04 Å². The monoisotopic (exact) mass is 297 g/mol. The van der Waals surface area contributed by atoms with Gasteiger partial charge in [0.25, 0.3) is 11.8 Å². The first-order chi connectivity index (χ1) is 9.95. The van der Waals surface area contributed by atoms with Gasteiger partial charge in [-0.05, 0) is 25.8 Å². The fourth-order valence-corrected chi connectivity index (χ4v) is 1.88. The second-order valence-corrected chi connectivity index (χ2v) is 4.65. The number of hydrogen-bond donors (Lipinski definition) is 3. The highest BCUT2D eigenvalue weighted by molar-refractivity contribution is 6.13. The highest BCUT2D eigenvalue weighted by Gasteiger charge is 2.25. The summed E-state index contributed by atoms with van der Waals surface area (Å²) in [5.74, 6) is -2.56. The Morgan fingerprint density at radius 1 is 1.24 bits per heavy atom. The van der Waals surface area contributed by atoms with Crippen LogP contribution < -0.4 is 11.1 Å². The Hall–Kier alpha value is -2.22.